The van der Waals surface area contributed by atoms with Crippen molar-refractivity contribution in [3.8, 4) is 6.07 Å². The summed E-state index contributed by atoms with van der Waals surface area (Å²) < 4.78 is 37.5. The minimum absolute atomic E-state index is 0.000720. The van der Waals surface area contributed by atoms with Crippen LogP contribution in [0.2, 0.25) is 0 Å². The summed E-state index contributed by atoms with van der Waals surface area (Å²) in [7, 11) is 0. The SMILES string of the molecule is N#C/C(=C/c1cccc([N+](=O)[O-])c1)c1ccc(C(F)(F)F)cn1. The zero-order valence-corrected chi connectivity index (χ0v) is 11.4. The summed E-state index contributed by atoms with van der Waals surface area (Å²) in [4.78, 5) is 13.8. The van der Waals surface area contributed by atoms with Crippen LogP contribution in [0, 0.1) is 21.4 Å². The molecule has 0 unspecified atom stereocenters. The quantitative estimate of drug-likeness (QED) is 0.485. The van der Waals surface area contributed by atoms with Crippen LogP contribution in [0.15, 0.2) is 42.6 Å². The van der Waals surface area contributed by atoms with Gasteiger partial charge in [0.2, 0.25) is 0 Å². The third-order valence-electron chi connectivity index (χ3n) is 2.88. The molecule has 1 heterocycles. The first-order valence-electron chi connectivity index (χ1n) is 6.21. The number of allylic oxidation sites excluding steroid dienone is 1. The van der Waals surface area contributed by atoms with E-state index in [9.17, 15) is 23.3 Å². The van der Waals surface area contributed by atoms with Gasteiger partial charge >= 0.3 is 6.18 Å². The van der Waals surface area contributed by atoms with E-state index in [-0.39, 0.29) is 17.0 Å². The third kappa shape index (κ3) is 3.91. The molecule has 0 fully saturated rings. The predicted molar refractivity (Wildman–Crippen MR) is 75.8 cm³/mol. The van der Waals surface area contributed by atoms with Gasteiger partial charge in [-0.05, 0) is 23.8 Å². The lowest BCUT2D eigenvalue weighted by molar-refractivity contribution is -0.384. The highest BCUT2D eigenvalue weighted by Gasteiger charge is 2.30. The molecule has 0 atom stereocenters. The van der Waals surface area contributed by atoms with E-state index in [1.807, 2.05) is 6.07 Å². The molecule has 0 spiro atoms. The van der Waals surface area contributed by atoms with Gasteiger partial charge in [0.05, 0.1) is 21.8 Å². The normalized spacial score (nSPS) is 11.8. The van der Waals surface area contributed by atoms with E-state index in [0.29, 0.717) is 11.8 Å². The fraction of sp³-hybridized carbons (Fsp3) is 0.0667. The molecule has 0 bridgehead atoms. The zero-order chi connectivity index (χ0) is 17.0. The van der Waals surface area contributed by atoms with E-state index in [1.54, 1.807) is 0 Å². The number of non-ortho nitro benzene ring substituents is 1. The molecule has 2 aromatic rings. The number of nitriles is 1. The Morgan fingerprint density at radius 3 is 2.57 bits per heavy atom. The van der Waals surface area contributed by atoms with Crippen molar-refractivity contribution in [2.75, 3.05) is 0 Å². The summed E-state index contributed by atoms with van der Waals surface area (Å²) in [5, 5.41) is 19.8. The van der Waals surface area contributed by atoms with Gasteiger partial charge in [0, 0.05) is 18.3 Å². The number of rotatable bonds is 3. The van der Waals surface area contributed by atoms with E-state index in [2.05, 4.69) is 4.98 Å². The summed E-state index contributed by atoms with van der Waals surface area (Å²) in [5.41, 5.74) is -0.658. The Balaban J connectivity index is 2.38. The lowest BCUT2D eigenvalue weighted by Gasteiger charge is -2.06. The van der Waals surface area contributed by atoms with E-state index >= 15 is 0 Å². The van der Waals surface area contributed by atoms with Crippen molar-refractivity contribution in [1.82, 2.24) is 4.98 Å². The number of hydrogen-bond acceptors (Lipinski definition) is 4. The van der Waals surface area contributed by atoms with Crippen LogP contribution in [0.3, 0.4) is 0 Å². The highest BCUT2D eigenvalue weighted by atomic mass is 19.4. The average Bonchev–Trinajstić information content (AvgIpc) is 2.52. The van der Waals surface area contributed by atoms with Gasteiger partial charge in [-0.2, -0.15) is 18.4 Å². The highest BCUT2D eigenvalue weighted by Crippen LogP contribution is 2.29. The molecule has 8 heteroatoms. The molecule has 0 saturated heterocycles. The fourth-order valence-corrected chi connectivity index (χ4v) is 1.78. The molecule has 1 aromatic carbocycles. The number of pyridine rings is 1. The van der Waals surface area contributed by atoms with Crippen LogP contribution in [0.1, 0.15) is 16.8 Å². The first-order chi connectivity index (χ1) is 10.8. The Labute approximate surface area is 128 Å². The molecule has 0 amide bonds. The highest BCUT2D eigenvalue weighted by molar-refractivity contribution is 5.88. The summed E-state index contributed by atoms with van der Waals surface area (Å²) >= 11 is 0. The molecule has 0 N–H and O–H groups in total. The maximum absolute atomic E-state index is 12.5. The number of nitro benzene ring substituents is 1. The van der Waals surface area contributed by atoms with Crippen molar-refractivity contribution in [1.29, 1.82) is 5.26 Å². The Kier molecular flexibility index (Phi) is 4.41. The molecule has 0 saturated carbocycles. The van der Waals surface area contributed by atoms with Crippen LogP contribution in [0.4, 0.5) is 18.9 Å². The minimum Gasteiger partial charge on any atom is -0.258 e. The van der Waals surface area contributed by atoms with Crippen LogP contribution in [-0.2, 0) is 6.18 Å². The number of alkyl halides is 3. The van der Waals surface area contributed by atoms with Crippen LogP contribution in [0.5, 0.6) is 0 Å². The van der Waals surface area contributed by atoms with Gasteiger partial charge < -0.3 is 0 Å². The molecule has 0 radical (unpaired) electrons. The summed E-state index contributed by atoms with van der Waals surface area (Å²) in [6, 6.07) is 9.24. The Hall–Kier alpha value is -3.21. The fourth-order valence-electron chi connectivity index (χ4n) is 1.78. The van der Waals surface area contributed by atoms with Gasteiger partial charge in [0.1, 0.15) is 6.07 Å². The topological polar surface area (TPSA) is 79.8 Å². The summed E-state index contributed by atoms with van der Waals surface area (Å²) in [6.45, 7) is 0. The molecule has 2 rings (SSSR count). The first-order valence-corrected chi connectivity index (χ1v) is 6.21. The van der Waals surface area contributed by atoms with E-state index in [0.717, 1.165) is 12.1 Å². The number of nitro groups is 1. The number of hydrogen-bond donors (Lipinski definition) is 0. The third-order valence-corrected chi connectivity index (χ3v) is 2.88. The largest absolute Gasteiger partial charge is 0.417 e. The molecule has 5 nitrogen and oxygen atoms in total. The van der Waals surface area contributed by atoms with Crippen molar-refractivity contribution in [2.24, 2.45) is 0 Å². The maximum atomic E-state index is 12.5. The maximum Gasteiger partial charge on any atom is 0.417 e. The average molecular weight is 319 g/mol. The molecule has 116 valence electrons. The van der Waals surface area contributed by atoms with Gasteiger partial charge in [0.15, 0.2) is 0 Å². The Morgan fingerprint density at radius 1 is 1.30 bits per heavy atom. The standard InChI is InChI=1S/C15H8F3N3O2/c16-15(17,18)12-4-5-14(20-9-12)11(8-19)6-10-2-1-3-13(7-10)21(22)23/h1-7,9H/b11-6-. The van der Waals surface area contributed by atoms with Crippen LogP contribution < -0.4 is 0 Å². The van der Waals surface area contributed by atoms with Crippen LogP contribution in [-0.4, -0.2) is 9.91 Å². The van der Waals surface area contributed by atoms with Gasteiger partial charge in [-0.15, -0.1) is 0 Å². The van der Waals surface area contributed by atoms with Crippen LogP contribution >= 0.6 is 0 Å². The molecule has 0 aliphatic heterocycles. The van der Waals surface area contributed by atoms with Crippen molar-refractivity contribution in [3.05, 3.63) is 69.5 Å². The molecule has 0 aliphatic carbocycles. The number of halogens is 3. The lowest BCUT2D eigenvalue weighted by Crippen LogP contribution is -2.05. The zero-order valence-electron chi connectivity index (χ0n) is 11.4. The molecular formula is C15H8F3N3O2. The minimum atomic E-state index is -4.51. The second-order valence-corrected chi connectivity index (χ2v) is 4.45. The van der Waals surface area contributed by atoms with Gasteiger partial charge in [-0.3, -0.25) is 15.1 Å². The van der Waals surface area contributed by atoms with Gasteiger partial charge in [0.25, 0.3) is 5.69 Å². The molecule has 1 aromatic heterocycles. The van der Waals surface area contributed by atoms with Crippen LogP contribution in [0.25, 0.3) is 11.6 Å². The Bertz CT molecular complexity index is 806. The number of aromatic nitrogens is 1. The summed E-state index contributed by atoms with van der Waals surface area (Å²) in [5.74, 6) is 0. The smallest absolute Gasteiger partial charge is 0.258 e. The molecular weight excluding hydrogens is 311 g/mol. The van der Waals surface area contributed by atoms with Crippen molar-refractivity contribution < 1.29 is 18.1 Å². The van der Waals surface area contributed by atoms with Crippen molar-refractivity contribution >= 4 is 17.3 Å². The van der Waals surface area contributed by atoms with Crippen molar-refractivity contribution in [2.45, 2.75) is 6.18 Å². The number of nitrogens with zero attached hydrogens (tertiary/aromatic N) is 3. The van der Waals surface area contributed by atoms with Gasteiger partial charge in [-0.1, -0.05) is 12.1 Å². The van der Waals surface area contributed by atoms with E-state index in [1.165, 1.54) is 30.3 Å². The lowest BCUT2D eigenvalue weighted by atomic mass is 10.1. The second-order valence-electron chi connectivity index (χ2n) is 4.45. The Morgan fingerprint density at radius 2 is 2.04 bits per heavy atom. The monoisotopic (exact) mass is 319 g/mol. The summed E-state index contributed by atoms with van der Waals surface area (Å²) in [6.07, 6.45) is -2.56. The first kappa shape index (κ1) is 16.2. The predicted octanol–water partition coefficient (Wildman–Crippen LogP) is 4.07. The van der Waals surface area contributed by atoms with Gasteiger partial charge in [-0.25, -0.2) is 0 Å². The molecule has 0 aliphatic rings. The van der Waals surface area contributed by atoms with Crippen molar-refractivity contribution in [3.63, 3.8) is 0 Å². The second kappa shape index (κ2) is 6.27. The van der Waals surface area contributed by atoms with E-state index in [4.69, 9.17) is 5.26 Å². The number of benzene rings is 1. The van der Waals surface area contributed by atoms with E-state index < -0.39 is 16.7 Å². The molecule has 23 heavy (non-hydrogen) atoms.